The van der Waals surface area contributed by atoms with Gasteiger partial charge in [-0.05, 0) is 72.3 Å². The van der Waals surface area contributed by atoms with Gasteiger partial charge >= 0.3 is 0 Å². The van der Waals surface area contributed by atoms with Crippen LogP contribution in [0.2, 0.25) is 0 Å². The van der Waals surface area contributed by atoms with E-state index in [0.717, 1.165) is 35.1 Å². The van der Waals surface area contributed by atoms with E-state index in [4.69, 9.17) is 0 Å². The Balaban J connectivity index is 1.54. The molecule has 3 heteroatoms. The van der Waals surface area contributed by atoms with E-state index in [1.165, 1.54) is 38.2 Å². The largest absolute Gasteiger partial charge is 0.396 e. The Morgan fingerprint density at radius 2 is 2.00 bits per heavy atom. The first-order valence-corrected chi connectivity index (χ1v) is 11.2. The first kappa shape index (κ1) is 20.3. The summed E-state index contributed by atoms with van der Waals surface area (Å²) in [4.78, 5) is 4.60. The fourth-order valence-corrected chi connectivity index (χ4v) is 5.88. The third-order valence-corrected chi connectivity index (χ3v) is 7.31. The van der Waals surface area contributed by atoms with Gasteiger partial charge in [0.25, 0.3) is 0 Å². The molecular formula is C26H32FNO. The molecule has 29 heavy (non-hydrogen) atoms. The molecule has 2 aliphatic carbocycles. The normalized spacial score (nSPS) is 29.7. The minimum absolute atomic E-state index is 0.227. The number of allylic oxidation sites excluding steroid dienone is 1. The number of hydrogen-bond acceptors (Lipinski definition) is 2. The fourth-order valence-electron chi connectivity index (χ4n) is 5.88. The maximum Gasteiger partial charge on any atom is 0.123 e. The molecule has 0 radical (unpaired) electrons. The molecule has 0 bridgehead atoms. The van der Waals surface area contributed by atoms with Crippen molar-refractivity contribution in [2.24, 2.45) is 29.6 Å². The van der Waals surface area contributed by atoms with Gasteiger partial charge in [-0.15, -0.1) is 0 Å². The van der Waals surface area contributed by atoms with Crippen LogP contribution in [0.5, 0.6) is 0 Å². The number of aromatic nitrogens is 1. The van der Waals surface area contributed by atoms with Gasteiger partial charge in [-0.1, -0.05) is 56.9 Å². The Kier molecular flexibility index (Phi) is 6.44. The standard InChI is InChI=1S/C26H32FNO/c1-2-24-21(17-29)14-19-6-3-4-9-25(19)26(24)13-12-23-11-10-20(16-28-23)18-7-5-8-22(27)15-18/h5,7-8,10-13,15-16,19,21,24-26,29H,2-4,6,9,14,17H2,1H3/b13-12+/t19-,21-,24+,25+,26+/m0/s1. The van der Waals surface area contributed by atoms with Crippen LogP contribution in [0.1, 0.15) is 51.1 Å². The molecule has 0 aliphatic heterocycles. The molecule has 0 amide bonds. The lowest BCUT2D eigenvalue weighted by molar-refractivity contribution is 0.00715. The molecular weight excluding hydrogens is 361 g/mol. The van der Waals surface area contributed by atoms with E-state index in [-0.39, 0.29) is 5.82 Å². The Labute approximate surface area is 173 Å². The van der Waals surface area contributed by atoms with Crippen LogP contribution in [0, 0.1) is 35.4 Å². The zero-order chi connectivity index (χ0) is 20.2. The number of pyridine rings is 1. The monoisotopic (exact) mass is 393 g/mol. The maximum absolute atomic E-state index is 13.5. The topological polar surface area (TPSA) is 33.1 Å². The molecule has 4 rings (SSSR count). The van der Waals surface area contributed by atoms with Gasteiger partial charge in [0, 0.05) is 18.4 Å². The minimum Gasteiger partial charge on any atom is -0.396 e. The zero-order valence-electron chi connectivity index (χ0n) is 17.3. The molecule has 0 unspecified atom stereocenters. The molecule has 0 spiro atoms. The van der Waals surface area contributed by atoms with E-state index in [9.17, 15) is 9.50 Å². The average Bonchev–Trinajstić information content (AvgIpc) is 2.77. The summed E-state index contributed by atoms with van der Waals surface area (Å²) in [6.07, 6.45) is 14.0. The fraction of sp³-hybridized carbons (Fsp3) is 0.500. The van der Waals surface area contributed by atoms with Crippen LogP contribution in [0.4, 0.5) is 4.39 Å². The Morgan fingerprint density at radius 1 is 1.14 bits per heavy atom. The van der Waals surface area contributed by atoms with Crippen LogP contribution in [0.3, 0.4) is 0 Å². The van der Waals surface area contributed by atoms with E-state index in [0.29, 0.717) is 24.4 Å². The highest BCUT2D eigenvalue weighted by Gasteiger charge is 2.42. The van der Waals surface area contributed by atoms with Crippen LogP contribution < -0.4 is 0 Å². The predicted octanol–water partition coefficient (Wildman–Crippen LogP) is 6.36. The summed E-state index contributed by atoms with van der Waals surface area (Å²) in [5.41, 5.74) is 2.72. The smallest absolute Gasteiger partial charge is 0.123 e. The van der Waals surface area contributed by atoms with Crippen molar-refractivity contribution in [1.82, 2.24) is 4.98 Å². The first-order valence-electron chi connectivity index (χ1n) is 11.2. The average molecular weight is 394 g/mol. The molecule has 0 saturated heterocycles. The van der Waals surface area contributed by atoms with Crippen molar-refractivity contribution >= 4 is 6.08 Å². The predicted molar refractivity (Wildman–Crippen MR) is 117 cm³/mol. The number of nitrogens with zero attached hydrogens (tertiary/aromatic N) is 1. The lowest BCUT2D eigenvalue weighted by Gasteiger charge is -2.48. The van der Waals surface area contributed by atoms with Crippen molar-refractivity contribution in [1.29, 1.82) is 0 Å². The van der Waals surface area contributed by atoms with E-state index >= 15 is 0 Å². The lowest BCUT2D eigenvalue weighted by Crippen LogP contribution is -2.41. The third-order valence-electron chi connectivity index (χ3n) is 7.31. The second-order valence-corrected chi connectivity index (χ2v) is 8.88. The van der Waals surface area contributed by atoms with E-state index in [1.807, 2.05) is 24.4 Å². The first-order chi connectivity index (χ1) is 14.2. The molecule has 1 heterocycles. The van der Waals surface area contributed by atoms with Crippen molar-refractivity contribution in [3.63, 3.8) is 0 Å². The van der Waals surface area contributed by atoms with Crippen LogP contribution >= 0.6 is 0 Å². The molecule has 2 nitrogen and oxygen atoms in total. The van der Waals surface area contributed by atoms with Crippen LogP contribution in [-0.2, 0) is 0 Å². The number of rotatable bonds is 5. The van der Waals surface area contributed by atoms with Gasteiger partial charge in [0.05, 0.1) is 5.69 Å². The van der Waals surface area contributed by atoms with Crippen LogP contribution in [-0.4, -0.2) is 16.7 Å². The molecule has 5 atom stereocenters. The summed E-state index contributed by atoms with van der Waals surface area (Å²) in [5, 5.41) is 9.98. The minimum atomic E-state index is -0.227. The number of aliphatic hydroxyl groups excluding tert-OH is 1. The maximum atomic E-state index is 13.5. The number of hydrogen-bond donors (Lipinski definition) is 1. The highest BCUT2D eigenvalue weighted by atomic mass is 19.1. The second-order valence-electron chi connectivity index (χ2n) is 8.88. The Bertz CT molecular complexity index is 825. The van der Waals surface area contributed by atoms with Gasteiger partial charge in [-0.25, -0.2) is 4.39 Å². The SMILES string of the molecule is CC[C@@H]1[C@H](CO)C[C@@H]2CCCC[C@H]2[C@@H]1/C=C/c1ccc(-c2cccc(F)c2)cn1. The molecule has 1 aromatic heterocycles. The molecule has 2 fully saturated rings. The quantitative estimate of drug-likeness (QED) is 0.641. The zero-order valence-corrected chi connectivity index (χ0v) is 17.3. The Morgan fingerprint density at radius 3 is 2.72 bits per heavy atom. The summed E-state index contributed by atoms with van der Waals surface area (Å²) >= 11 is 0. The summed E-state index contributed by atoms with van der Waals surface area (Å²) in [6.45, 7) is 2.58. The Hall–Kier alpha value is -2.00. The molecule has 1 aromatic carbocycles. The van der Waals surface area contributed by atoms with Crippen LogP contribution in [0.15, 0.2) is 48.7 Å². The summed E-state index contributed by atoms with van der Waals surface area (Å²) in [6, 6.07) is 10.7. The molecule has 2 aliphatic rings. The molecule has 2 saturated carbocycles. The van der Waals surface area contributed by atoms with Gasteiger partial charge in [-0.3, -0.25) is 4.98 Å². The van der Waals surface area contributed by atoms with Gasteiger partial charge in [-0.2, -0.15) is 0 Å². The molecule has 2 aromatic rings. The van der Waals surface area contributed by atoms with Gasteiger partial charge in [0.2, 0.25) is 0 Å². The second kappa shape index (κ2) is 9.21. The van der Waals surface area contributed by atoms with Crippen molar-refractivity contribution in [2.45, 2.75) is 45.4 Å². The number of benzene rings is 1. The lowest BCUT2D eigenvalue weighted by atomic mass is 9.57. The van der Waals surface area contributed by atoms with Crippen molar-refractivity contribution in [2.75, 3.05) is 6.61 Å². The van der Waals surface area contributed by atoms with Crippen molar-refractivity contribution in [3.05, 3.63) is 60.2 Å². The summed E-state index contributed by atoms with van der Waals surface area (Å²) in [5.74, 6) is 2.80. The number of halogens is 1. The van der Waals surface area contributed by atoms with Gasteiger partial charge < -0.3 is 5.11 Å². The number of aliphatic hydroxyl groups is 1. The molecule has 1 N–H and O–H groups in total. The summed E-state index contributed by atoms with van der Waals surface area (Å²) in [7, 11) is 0. The molecule has 154 valence electrons. The highest BCUT2D eigenvalue weighted by molar-refractivity contribution is 5.63. The van der Waals surface area contributed by atoms with Gasteiger partial charge in [0.15, 0.2) is 0 Å². The summed E-state index contributed by atoms with van der Waals surface area (Å²) < 4.78 is 13.5. The van der Waals surface area contributed by atoms with E-state index < -0.39 is 0 Å². The van der Waals surface area contributed by atoms with E-state index in [2.05, 4.69) is 24.1 Å². The number of fused-ring (bicyclic) bond motifs is 1. The highest BCUT2D eigenvalue weighted by Crippen LogP contribution is 2.50. The van der Waals surface area contributed by atoms with Crippen LogP contribution in [0.25, 0.3) is 17.2 Å². The van der Waals surface area contributed by atoms with Gasteiger partial charge in [0.1, 0.15) is 5.82 Å². The van der Waals surface area contributed by atoms with Crippen molar-refractivity contribution < 1.29 is 9.50 Å². The third kappa shape index (κ3) is 4.45. The van der Waals surface area contributed by atoms with E-state index in [1.54, 1.807) is 12.1 Å². The van der Waals surface area contributed by atoms with Crippen molar-refractivity contribution in [3.8, 4) is 11.1 Å².